The molecule has 0 heterocycles. The lowest BCUT2D eigenvalue weighted by Gasteiger charge is -2.26. The van der Waals surface area contributed by atoms with Crippen LogP contribution in [0.2, 0.25) is 5.02 Å². The van der Waals surface area contributed by atoms with E-state index in [0.717, 1.165) is 6.42 Å². The summed E-state index contributed by atoms with van der Waals surface area (Å²) in [6.45, 7) is 6.18. The summed E-state index contributed by atoms with van der Waals surface area (Å²) in [7, 11) is 0. The highest BCUT2D eigenvalue weighted by Crippen LogP contribution is 2.28. The van der Waals surface area contributed by atoms with Crippen molar-refractivity contribution in [2.75, 3.05) is 0 Å². The van der Waals surface area contributed by atoms with Crippen LogP contribution in [-0.2, 0) is 6.42 Å². The van der Waals surface area contributed by atoms with Gasteiger partial charge in [0.25, 0.3) is 0 Å². The minimum Gasteiger partial charge on any atom is -0.328 e. The number of benzene rings is 1. The van der Waals surface area contributed by atoms with Gasteiger partial charge >= 0.3 is 0 Å². The number of nitrogens with two attached hydrogens (primary N) is 1. The first kappa shape index (κ1) is 13.5. The molecule has 16 heavy (non-hydrogen) atoms. The van der Waals surface area contributed by atoms with E-state index in [9.17, 15) is 4.39 Å². The summed E-state index contributed by atoms with van der Waals surface area (Å²) >= 11 is 5.71. The summed E-state index contributed by atoms with van der Waals surface area (Å²) in [6.07, 6.45) is 1.55. The van der Waals surface area contributed by atoms with Gasteiger partial charge < -0.3 is 5.73 Å². The number of halogens is 2. The molecule has 1 aromatic rings. The third kappa shape index (κ3) is 4.11. The van der Waals surface area contributed by atoms with Crippen LogP contribution >= 0.6 is 11.6 Å². The van der Waals surface area contributed by atoms with Gasteiger partial charge in [-0.15, -0.1) is 0 Å². The van der Waals surface area contributed by atoms with Gasteiger partial charge in [-0.25, -0.2) is 4.39 Å². The first-order chi connectivity index (χ1) is 7.30. The Morgan fingerprint density at radius 2 is 2.06 bits per heavy atom. The number of hydrogen-bond donors (Lipinski definition) is 1. The van der Waals surface area contributed by atoms with Gasteiger partial charge in [-0.05, 0) is 42.9 Å². The van der Waals surface area contributed by atoms with E-state index in [1.54, 1.807) is 12.1 Å². The highest BCUT2D eigenvalue weighted by Gasteiger charge is 2.21. The molecule has 90 valence electrons. The maximum absolute atomic E-state index is 13.6. The topological polar surface area (TPSA) is 26.0 Å². The monoisotopic (exact) mass is 243 g/mol. The van der Waals surface area contributed by atoms with Crippen molar-refractivity contribution in [1.29, 1.82) is 0 Å². The fourth-order valence-electron chi connectivity index (χ4n) is 2.12. The highest BCUT2D eigenvalue weighted by atomic mass is 35.5. The standard InChI is InChI=1S/C13H19ClFN/c1-9(16)7-13(2,3)8-10-4-5-11(14)6-12(10)15/h4-6,9H,7-8,16H2,1-3H3. The molecule has 0 fully saturated rings. The van der Waals surface area contributed by atoms with E-state index in [0.29, 0.717) is 17.0 Å². The lowest BCUT2D eigenvalue weighted by atomic mass is 9.80. The Kier molecular flexibility index (Phi) is 4.34. The average molecular weight is 244 g/mol. The van der Waals surface area contributed by atoms with Crippen LogP contribution in [0.15, 0.2) is 18.2 Å². The van der Waals surface area contributed by atoms with Crippen LogP contribution in [0.1, 0.15) is 32.8 Å². The molecule has 0 saturated heterocycles. The van der Waals surface area contributed by atoms with Gasteiger partial charge in [0.05, 0.1) is 0 Å². The zero-order valence-electron chi connectivity index (χ0n) is 10.1. The van der Waals surface area contributed by atoms with Gasteiger partial charge in [-0.3, -0.25) is 0 Å². The Morgan fingerprint density at radius 1 is 1.44 bits per heavy atom. The van der Waals surface area contributed by atoms with Crippen molar-refractivity contribution in [3.63, 3.8) is 0 Å². The van der Waals surface area contributed by atoms with Crippen LogP contribution in [-0.4, -0.2) is 6.04 Å². The molecule has 0 aliphatic carbocycles. The van der Waals surface area contributed by atoms with Gasteiger partial charge in [0.15, 0.2) is 0 Å². The maximum Gasteiger partial charge on any atom is 0.127 e. The summed E-state index contributed by atoms with van der Waals surface area (Å²) in [5.41, 5.74) is 6.49. The fraction of sp³-hybridized carbons (Fsp3) is 0.538. The van der Waals surface area contributed by atoms with E-state index >= 15 is 0 Å². The highest BCUT2D eigenvalue weighted by molar-refractivity contribution is 6.30. The zero-order valence-corrected chi connectivity index (χ0v) is 10.8. The lowest BCUT2D eigenvalue weighted by molar-refractivity contribution is 0.305. The van der Waals surface area contributed by atoms with Gasteiger partial charge in [-0.2, -0.15) is 0 Å². The maximum atomic E-state index is 13.6. The second-order valence-electron chi connectivity index (χ2n) is 5.26. The number of hydrogen-bond acceptors (Lipinski definition) is 1. The summed E-state index contributed by atoms with van der Waals surface area (Å²) in [6, 6.07) is 4.96. The predicted molar refractivity (Wildman–Crippen MR) is 67.2 cm³/mol. The van der Waals surface area contributed by atoms with Gasteiger partial charge in [-0.1, -0.05) is 31.5 Å². The molecule has 0 bridgehead atoms. The quantitative estimate of drug-likeness (QED) is 0.856. The van der Waals surface area contributed by atoms with Crippen LogP contribution in [0, 0.1) is 11.2 Å². The minimum absolute atomic E-state index is 0.00281. The molecule has 1 aromatic carbocycles. The van der Waals surface area contributed by atoms with E-state index in [4.69, 9.17) is 17.3 Å². The van der Waals surface area contributed by atoms with Crippen molar-refractivity contribution < 1.29 is 4.39 Å². The van der Waals surface area contributed by atoms with Crippen LogP contribution in [0.5, 0.6) is 0 Å². The summed E-state index contributed by atoms with van der Waals surface area (Å²) < 4.78 is 13.6. The molecule has 1 nitrogen and oxygen atoms in total. The van der Waals surface area contributed by atoms with E-state index in [1.807, 2.05) is 6.92 Å². The predicted octanol–water partition coefficient (Wildman–Crippen LogP) is 3.79. The third-order valence-electron chi connectivity index (χ3n) is 2.56. The first-order valence-electron chi connectivity index (χ1n) is 5.50. The largest absolute Gasteiger partial charge is 0.328 e. The van der Waals surface area contributed by atoms with E-state index in [-0.39, 0.29) is 17.3 Å². The molecule has 0 spiro atoms. The molecule has 1 atom stereocenters. The molecule has 0 aliphatic heterocycles. The third-order valence-corrected chi connectivity index (χ3v) is 2.79. The van der Waals surface area contributed by atoms with Crippen molar-refractivity contribution >= 4 is 11.6 Å². The molecule has 0 aromatic heterocycles. The molecule has 1 rings (SSSR count). The summed E-state index contributed by atoms with van der Waals surface area (Å²) in [5.74, 6) is -0.231. The van der Waals surface area contributed by atoms with Crippen molar-refractivity contribution in [1.82, 2.24) is 0 Å². The molecule has 0 saturated carbocycles. The minimum atomic E-state index is -0.231. The summed E-state index contributed by atoms with van der Waals surface area (Å²) in [4.78, 5) is 0. The van der Waals surface area contributed by atoms with Crippen molar-refractivity contribution in [3.8, 4) is 0 Å². The Bertz CT molecular complexity index is 361. The normalized spacial score (nSPS) is 13.9. The second kappa shape index (κ2) is 5.15. The van der Waals surface area contributed by atoms with E-state index in [1.165, 1.54) is 6.07 Å². The van der Waals surface area contributed by atoms with Crippen LogP contribution in [0.4, 0.5) is 4.39 Å². The molecule has 3 heteroatoms. The molecule has 0 amide bonds. The fourth-order valence-corrected chi connectivity index (χ4v) is 2.28. The zero-order chi connectivity index (χ0) is 12.3. The Labute approximate surface area is 102 Å². The number of rotatable bonds is 4. The molecular weight excluding hydrogens is 225 g/mol. The van der Waals surface area contributed by atoms with Crippen LogP contribution in [0.3, 0.4) is 0 Å². The smallest absolute Gasteiger partial charge is 0.127 e. The van der Waals surface area contributed by atoms with Crippen molar-refractivity contribution in [3.05, 3.63) is 34.6 Å². The second-order valence-corrected chi connectivity index (χ2v) is 5.69. The van der Waals surface area contributed by atoms with Crippen LogP contribution in [0.25, 0.3) is 0 Å². The van der Waals surface area contributed by atoms with Crippen molar-refractivity contribution in [2.45, 2.75) is 39.7 Å². The lowest BCUT2D eigenvalue weighted by Crippen LogP contribution is -2.27. The van der Waals surface area contributed by atoms with Gasteiger partial charge in [0.1, 0.15) is 5.82 Å². The molecule has 1 unspecified atom stereocenters. The van der Waals surface area contributed by atoms with Gasteiger partial charge in [0.2, 0.25) is 0 Å². The van der Waals surface area contributed by atoms with Crippen molar-refractivity contribution in [2.24, 2.45) is 11.1 Å². The molecule has 0 aliphatic rings. The van der Waals surface area contributed by atoms with E-state index in [2.05, 4.69) is 13.8 Å². The molecule has 2 N–H and O–H groups in total. The van der Waals surface area contributed by atoms with Crippen LogP contribution < -0.4 is 5.73 Å². The van der Waals surface area contributed by atoms with Gasteiger partial charge in [0, 0.05) is 11.1 Å². The Balaban J connectivity index is 2.79. The SMILES string of the molecule is CC(N)CC(C)(C)Cc1ccc(Cl)cc1F. The Hall–Kier alpha value is -0.600. The first-order valence-corrected chi connectivity index (χ1v) is 5.87. The summed E-state index contributed by atoms with van der Waals surface area (Å²) in [5, 5.41) is 0.436. The molecule has 0 radical (unpaired) electrons. The average Bonchev–Trinajstić information content (AvgIpc) is 2.07. The molecular formula is C13H19ClFN. The Morgan fingerprint density at radius 3 is 2.56 bits per heavy atom. The van der Waals surface area contributed by atoms with E-state index < -0.39 is 0 Å².